The van der Waals surface area contributed by atoms with E-state index in [4.69, 9.17) is 0 Å². The minimum atomic E-state index is -4.42. The maximum Gasteiger partial charge on any atom is 0.416 e. The molecule has 0 aliphatic carbocycles. The van der Waals surface area contributed by atoms with Crippen molar-refractivity contribution in [3.05, 3.63) is 32.9 Å². The Morgan fingerprint density at radius 2 is 1.84 bits per heavy atom. The summed E-state index contributed by atoms with van der Waals surface area (Å²) in [7, 11) is 0. The van der Waals surface area contributed by atoms with Gasteiger partial charge >= 0.3 is 6.18 Å². The highest BCUT2D eigenvalue weighted by Crippen LogP contribution is 2.31. The summed E-state index contributed by atoms with van der Waals surface area (Å²) in [4.78, 5) is 13.8. The van der Waals surface area contributed by atoms with Crippen LogP contribution in [0, 0.1) is 3.57 Å². The lowest BCUT2D eigenvalue weighted by Crippen LogP contribution is -2.38. The van der Waals surface area contributed by atoms with Crippen LogP contribution in [0.4, 0.5) is 13.2 Å². The molecule has 7 heteroatoms. The van der Waals surface area contributed by atoms with Crippen LogP contribution in [0.1, 0.15) is 15.9 Å². The molecule has 1 aliphatic rings. The number of thioether (sulfide) groups is 1. The lowest BCUT2D eigenvalue weighted by Gasteiger charge is -2.26. The van der Waals surface area contributed by atoms with E-state index in [-0.39, 0.29) is 11.5 Å². The van der Waals surface area contributed by atoms with Gasteiger partial charge in [0.1, 0.15) is 0 Å². The summed E-state index contributed by atoms with van der Waals surface area (Å²) in [5.74, 6) is 1.35. The average molecular weight is 401 g/mol. The van der Waals surface area contributed by atoms with Gasteiger partial charge in [0.05, 0.1) is 5.56 Å². The number of nitrogens with zero attached hydrogens (tertiary/aromatic N) is 1. The van der Waals surface area contributed by atoms with E-state index >= 15 is 0 Å². The molecule has 1 amide bonds. The predicted octanol–water partition coefficient (Wildman–Crippen LogP) is 3.50. The predicted molar refractivity (Wildman–Crippen MR) is 77.4 cm³/mol. The minimum absolute atomic E-state index is 0.117. The Bertz CT molecular complexity index is 486. The van der Waals surface area contributed by atoms with Gasteiger partial charge in [0.25, 0.3) is 5.91 Å². The Balaban J connectivity index is 2.28. The molecule has 0 bridgehead atoms. The number of hydrogen-bond acceptors (Lipinski definition) is 2. The van der Waals surface area contributed by atoms with E-state index in [1.807, 2.05) is 0 Å². The summed E-state index contributed by atoms with van der Waals surface area (Å²) >= 11 is 3.55. The van der Waals surface area contributed by atoms with Crippen molar-refractivity contribution in [1.82, 2.24) is 4.90 Å². The second kappa shape index (κ2) is 5.90. The minimum Gasteiger partial charge on any atom is -0.337 e. The lowest BCUT2D eigenvalue weighted by molar-refractivity contribution is -0.137. The smallest absolute Gasteiger partial charge is 0.337 e. The Labute approximate surface area is 126 Å². The van der Waals surface area contributed by atoms with Crippen LogP contribution in [0.25, 0.3) is 0 Å². The second-order valence-corrected chi connectivity index (χ2v) is 6.60. The van der Waals surface area contributed by atoms with Crippen molar-refractivity contribution < 1.29 is 18.0 Å². The molecule has 0 unspecified atom stereocenters. The quantitative estimate of drug-likeness (QED) is 0.672. The largest absolute Gasteiger partial charge is 0.416 e. The fourth-order valence-electron chi connectivity index (χ4n) is 1.83. The third-order valence-electron chi connectivity index (χ3n) is 2.77. The van der Waals surface area contributed by atoms with Crippen molar-refractivity contribution in [2.75, 3.05) is 24.6 Å². The van der Waals surface area contributed by atoms with Gasteiger partial charge < -0.3 is 4.90 Å². The van der Waals surface area contributed by atoms with Crippen LogP contribution in [-0.2, 0) is 6.18 Å². The number of hydrogen-bond donors (Lipinski definition) is 0. The molecule has 1 aromatic carbocycles. The topological polar surface area (TPSA) is 20.3 Å². The first-order valence-electron chi connectivity index (χ1n) is 5.63. The molecule has 19 heavy (non-hydrogen) atoms. The molecule has 2 rings (SSSR count). The van der Waals surface area contributed by atoms with Gasteiger partial charge in [0.15, 0.2) is 0 Å². The molecule has 0 atom stereocenters. The van der Waals surface area contributed by atoms with Gasteiger partial charge in [-0.15, -0.1) is 0 Å². The van der Waals surface area contributed by atoms with Gasteiger partial charge in [0.2, 0.25) is 0 Å². The molecule has 0 N–H and O–H groups in total. The zero-order chi connectivity index (χ0) is 14.0. The Morgan fingerprint density at radius 1 is 1.21 bits per heavy atom. The summed E-state index contributed by atoms with van der Waals surface area (Å²) in [6.45, 7) is 1.19. The van der Waals surface area contributed by atoms with Gasteiger partial charge in [-0.3, -0.25) is 4.79 Å². The first-order chi connectivity index (χ1) is 8.88. The normalized spacial score (nSPS) is 16.5. The zero-order valence-electron chi connectivity index (χ0n) is 9.84. The van der Waals surface area contributed by atoms with Crippen molar-refractivity contribution in [2.45, 2.75) is 6.18 Å². The van der Waals surface area contributed by atoms with E-state index in [0.717, 1.165) is 23.6 Å². The number of halogens is 4. The fourth-order valence-corrected chi connectivity index (χ4v) is 3.40. The highest BCUT2D eigenvalue weighted by atomic mass is 127. The van der Waals surface area contributed by atoms with Gasteiger partial charge in [-0.2, -0.15) is 24.9 Å². The van der Waals surface area contributed by atoms with Crippen LogP contribution in [0.15, 0.2) is 18.2 Å². The standard InChI is InChI=1S/C12H11F3INOS/c13-12(14,15)9-5-8(6-10(16)7-9)11(18)17-1-3-19-4-2-17/h5-7H,1-4H2. The number of carbonyl (C=O) groups excluding carboxylic acids is 1. The van der Waals surface area contributed by atoms with E-state index in [1.165, 1.54) is 6.07 Å². The molecule has 0 saturated carbocycles. The molecule has 1 heterocycles. The second-order valence-electron chi connectivity index (χ2n) is 4.13. The third kappa shape index (κ3) is 3.77. The van der Waals surface area contributed by atoms with Crippen molar-refractivity contribution in [2.24, 2.45) is 0 Å². The molecule has 0 spiro atoms. The summed E-state index contributed by atoms with van der Waals surface area (Å²) in [5.41, 5.74) is -0.653. The van der Waals surface area contributed by atoms with Crippen LogP contribution >= 0.6 is 34.4 Å². The van der Waals surface area contributed by atoms with E-state index in [1.54, 1.807) is 39.3 Å². The maximum atomic E-state index is 12.7. The Morgan fingerprint density at radius 3 is 2.42 bits per heavy atom. The van der Waals surface area contributed by atoms with Crippen LogP contribution in [0.3, 0.4) is 0 Å². The summed E-state index contributed by atoms with van der Waals surface area (Å²) < 4.78 is 38.6. The maximum absolute atomic E-state index is 12.7. The van der Waals surface area contributed by atoms with Gasteiger partial charge in [-0.05, 0) is 40.8 Å². The summed E-state index contributed by atoms with van der Waals surface area (Å²) in [6, 6.07) is 3.48. The van der Waals surface area contributed by atoms with E-state index < -0.39 is 11.7 Å². The monoisotopic (exact) mass is 401 g/mol. The SMILES string of the molecule is O=C(c1cc(I)cc(C(F)(F)F)c1)N1CCSCC1. The van der Waals surface area contributed by atoms with Crippen LogP contribution < -0.4 is 0 Å². The molecule has 1 aliphatic heterocycles. The van der Waals surface area contributed by atoms with Crippen LogP contribution in [0.5, 0.6) is 0 Å². The number of carbonyl (C=O) groups is 1. The molecule has 1 aromatic rings. The number of rotatable bonds is 1. The highest BCUT2D eigenvalue weighted by Gasteiger charge is 2.32. The zero-order valence-corrected chi connectivity index (χ0v) is 12.8. The molecule has 0 radical (unpaired) electrons. The van der Waals surface area contributed by atoms with Crippen molar-refractivity contribution in [1.29, 1.82) is 0 Å². The summed E-state index contributed by atoms with van der Waals surface area (Å²) in [5, 5.41) is 0. The third-order valence-corrected chi connectivity index (χ3v) is 4.34. The molecular weight excluding hydrogens is 390 g/mol. The molecule has 2 nitrogen and oxygen atoms in total. The highest BCUT2D eigenvalue weighted by molar-refractivity contribution is 14.1. The number of amides is 1. The summed E-state index contributed by atoms with van der Waals surface area (Å²) in [6.07, 6.45) is -4.42. The van der Waals surface area contributed by atoms with Crippen molar-refractivity contribution >= 4 is 40.3 Å². The van der Waals surface area contributed by atoms with Gasteiger partial charge in [-0.1, -0.05) is 0 Å². The van der Waals surface area contributed by atoms with Crippen LogP contribution in [0.2, 0.25) is 0 Å². The number of benzene rings is 1. The molecule has 0 aromatic heterocycles. The lowest BCUT2D eigenvalue weighted by atomic mass is 10.1. The van der Waals surface area contributed by atoms with E-state index in [0.29, 0.717) is 16.7 Å². The van der Waals surface area contributed by atoms with E-state index in [9.17, 15) is 18.0 Å². The van der Waals surface area contributed by atoms with Gasteiger partial charge in [-0.25, -0.2) is 0 Å². The average Bonchev–Trinajstić information content (AvgIpc) is 2.37. The fraction of sp³-hybridized carbons (Fsp3) is 0.417. The Kier molecular flexibility index (Phi) is 4.65. The van der Waals surface area contributed by atoms with Crippen molar-refractivity contribution in [3.63, 3.8) is 0 Å². The first-order valence-corrected chi connectivity index (χ1v) is 7.86. The Hall–Kier alpha value is -0.440. The molecule has 104 valence electrons. The number of alkyl halides is 3. The van der Waals surface area contributed by atoms with Gasteiger partial charge in [0, 0.05) is 33.7 Å². The first kappa shape index (κ1) is 15.0. The van der Waals surface area contributed by atoms with E-state index in [2.05, 4.69) is 0 Å². The molecular formula is C12H11F3INOS. The molecule has 1 saturated heterocycles. The van der Waals surface area contributed by atoms with Crippen LogP contribution in [-0.4, -0.2) is 35.4 Å². The van der Waals surface area contributed by atoms with Crippen molar-refractivity contribution in [3.8, 4) is 0 Å². The molecule has 1 fully saturated rings.